The molecule has 4 rings (SSSR count). The largest absolute Gasteiger partial charge is 0.411 e. The Kier molecular flexibility index (Phi) is 6.33. The van der Waals surface area contributed by atoms with Crippen molar-refractivity contribution in [3.8, 4) is 0 Å². The third kappa shape index (κ3) is 3.29. The molecule has 8 heteroatoms. The molecule has 0 amide bonds. The molecule has 0 saturated heterocycles. The summed E-state index contributed by atoms with van der Waals surface area (Å²) in [5, 5.41) is 29.0. The maximum Gasteiger partial charge on any atom is 0.139 e. The topological polar surface area (TPSA) is 118 Å². The first kappa shape index (κ1) is 22.5. The molecule has 0 aromatic heterocycles. The lowest BCUT2D eigenvalue weighted by atomic mass is 9.44. The third-order valence-corrected chi connectivity index (χ3v) is 8.62. The Labute approximate surface area is 178 Å². The SMILES string of the molecule is C[C@]12CC/C(=N/OCCN)CC1/C(=N/O)[C@@H](O)[C@@H]1[C@@H]2CC[C@]2(C)C(=O)CC[C@@H]12.Cl. The van der Waals surface area contributed by atoms with Gasteiger partial charge in [-0.25, -0.2) is 0 Å². The number of rotatable bonds is 3. The van der Waals surface area contributed by atoms with Crippen molar-refractivity contribution >= 4 is 29.6 Å². The fourth-order valence-corrected chi connectivity index (χ4v) is 7.03. The minimum atomic E-state index is -0.798. The molecule has 0 aromatic rings. The zero-order chi connectivity index (χ0) is 20.1. The molecule has 4 aliphatic carbocycles. The van der Waals surface area contributed by atoms with Crippen LogP contribution in [0.1, 0.15) is 58.8 Å². The number of carbonyl (C=O) groups excluding carboxylic acids is 1. The van der Waals surface area contributed by atoms with Crippen LogP contribution < -0.4 is 5.73 Å². The molecule has 4 fully saturated rings. The van der Waals surface area contributed by atoms with E-state index in [-0.39, 0.29) is 41.0 Å². The second-order valence-corrected chi connectivity index (χ2v) is 9.72. The van der Waals surface area contributed by atoms with Crippen molar-refractivity contribution in [3.63, 3.8) is 0 Å². The van der Waals surface area contributed by atoms with E-state index in [0.29, 0.717) is 43.4 Å². The first-order valence-corrected chi connectivity index (χ1v) is 10.7. The van der Waals surface area contributed by atoms with E-state index < -0.39 is 6.10 Å². The predicted molar refractivity (Wildman–Crippen MR) is 112 cm³/mol. The molecule has 4 aliphatic rings. The highest BCUT2D eigenvalue weighted by Gasteiger charge is 2.64. The molecular weight excluding hydrogens is 394 g/mol. The molecule has 7 atom stereocenters. The summed E-state index contributed by atoms with van der Waals surface area (Å²) in [6, 6.07) is 0. The van der Waals surface area contributed by atoms with E-state index in [1.54, 1.807) is 0 Å². The molecule has 7 nitrogen and oxygen atoms in total. The first-order valence-electron chi connectivity index (χ1n) is 10.7. The first-order chi connectivity index (χ1) is 13.4. The van der Waals surface area contributed by atoms with Crippen molar-refractivity contribution in [2.45, 2.75) is 64.9 Å². The number of oxime groups is 2. The predicted octanol–water partition coefficient (Wildman–Crippen LogP) is 2.76. The minimum Gasteiger partial charge on any atom is -0.411 e. The fraction of sp³-hybridized carbons (Fsp3) is 0.857. The van der Waals surface area contributed by atoms with E-state index in [1.807, 2.05) is 0 Å². The van der Waals surface area contributed by atoms with Crippen molar-refractivity contribution in [3.05, 3.63) is 0 Å². The summed E-state index contributed by atoms with van der Waals surface area (Å²) in [6.07, 6.45) is 4.91. The van der Waals surface area contributed by atoms with E-state index in [0.717, 1.165) is 37.8 Å². The molecule has 4 saturated carbocycles. The van der Waals surface area contributed by atoms with E-state index in [4.69, 9.17) is 10.6 Å². The summed E-state index contributed by atoms with van der Waals surface area (Å²) in [5.41, 5.74) is 6.49. The number of nitrogens with zero attached hydrogens (tertiary/aromatic N) is 2. The zero-order valence-electron chi connectivity index (χ0n) is 17.3. The molecule has 4 N–H and O–H groups in total. The van der Waals surface area contributed by atoms with E-state index in [2.05, 4.69) is 24.2 Å². The van der Waals surface area contributed by atoms with Crippen molar-refractivity contribution in [2.75, 3.05) is 13.2 Å². The van der Waals surface area contributed by atoms with Gasteiger partial charge < -0.3 is 20.9 Å². The molecule has 0 spiro atoms. The molecule has 0 radical (unpaired) electrons. The van der Waals surface area contributed by atoms with Gasteiger partial charge >= 0.3 is 0 Å². The average molecular weight is 428 g/mol. The summed E-state index contributed by atoms with van der Waals surface area (Å²) in [5.74, 6) is 0.779. The Morgan fingerprint density at radius 1 is 1.21 bits per heavy atom. The van der Waals surface area contributed by atoms with Crippen LogP contribution in [-0.2, 0) is 9.63 Å². The molecule has 164 valence electrons. The molecule has 0 bridgehead atoms. The number of halogens is 1. The Morgan fingerprint density at radius 2 is 1.97 bits per heavy atom. The average Bonchev–Trinajstić information content (AvgIpc) is 2.98. The van der Waals surface area contributed by atoms with E-state index in [1.165, 1.54) is 0 Å². The lowest BCUT2D eigenvalue weighted by molar-refractivity contribution is -0.138. The third-order valence-electron chi connectivity index (χ3n) is 8.62. The number of hydrogen-bond acceptors (Lipinski definition) is 7. The van der Waals surface area contributed by atoms with Crippen LogP contribution in [0.5, 0.6) is 0 Å². The normalized spacial score (nSPS) is 46.6. The Balaban J connectivity index is 0.00000240. The molecule has 0 heterocycles. The van der Waals surface area contributed by atoms with Gasteiger partial charge in [0, 0.05) is 24.3 Å². The number of ketones is 1. The van der Waals surface area contributed by atoms with Gasteiger partial charge in [-0.15, -0.1) is 12.4 Å². The molecule has 1 unspecified atom stereocenters. The second kappa shape index (κ2) is 8.16. The van der Waals surface area contributed by atoms with E-state index in [9.17, 15) is 15.1 Å². The van der Waals surface area contributed by atoms with Crippen LogP contribution in [0.3, 0.4) is 0 Å². The van der Waals surface area contributed by atoms with Crippen LogP contribution in [0.2, 0.25) is 0 Å². The highest BCUT2D eigenvalue weighted by atomic mass is 35.5. The molecule has 0 aliphatic heterocycles. The van der Waals surface area contributed by atoms with Crippen molar-refractivity contribution in [1.82, 2.24) is 0 Å². The van der Waals surface area contributed by atoms with E-state index >= 15 is 0 Å². The Morgan fingerprint density at radius 3 is 2.66 bits per heavy atom. The standard InChI is InChI=1S/C21H33N3O4.ClH/c1-20-7-5-12(24-28-10-9-22)11-15(20)18(23-27)19(26)17-13-3-4-16(25)21(13,2)8-6-14(17)20;/h13-15,17,19,26-27H,3-11,22H2,1-2H3;1H/b23-18-,24-12-;/t13-,14-,15?,17-,19-,20+,21-;/m0./s1. The van der Waals surface area contributed by atoms with Gasteiger partial charge in [-0.3, -0.25) is 4.79 Å². The number of fused-ring (bicyclic) bond motifs is 5. The Hall–Kier alpha value is -1.18. The van der Waals surface area contributed by atoms with Crippen LogP contribution in [0.15, 0.2) is 10.3 Å². The van der Waals surface area contributed by atoms with Crippen LogP contribution >= 0.6 is 12.4 Å². The number of nitrogens with two attached hydrogens (primary N) is 1. The summed E-state index contributed by atoms with van der Waals surface area (Å²) >= 11 is 0. The number of hydrogen-bond donors (Lipinski definition) is 3. The Bertz CT molecular complexity index is 714. The number of Topliss-reactive ketones (excluding diaryl/α,β-unsaturated/α-hetero) is 1. The van der Waals surface area contributed by atoms with Crippen LogP contribution in [0, 0.1) is 34.5 Å². The van der Waals surface area contributed by atoms with Gasteiger partial charge in [0.2, 0.25) is 0 Å². The number of carbonyl (C=O) groups is 1. The van der Waals surface area contributed by atoms with Gasteiger partial charge in [0.1, 0.15) is 12.4 Å². The van der Waals surface area contributed by atoms with Gasteiger partial charge in [0.25, 0.3) is 0 Å². The van der Waals surface area contributed by atoms with Crippen molar-refractivity contribution < 1.29 is 19.9 Å². The van der Waals surface area contributed by atoms with Crippen molar-refractivity contribution in [1.29, 1.82) is 0 Å². The number of aliphatic hydroxyl groups excluding tert-OH is 1. The van der Waals surface area contributed by atoms with Gasteiger partial charge in [-0.1, -0.05) is 24.2 Å². The van der Waals surface area contributed by atoms with Gasteiger partial charge in [0.05, 0.1) is 17.5 Å². The molecule has 0 aromatic carbocycles. The minimum absolute atomic E-state index is 0. The zero-order valence-corrected chi connectivity index (χ0v) is 18.2. The highest BCUT2D eigenvalue weighted by Crippen LogP contribution is 2.64. The van der Waals surface area contributed by atoms with Gasteiger partial charge in [-0.2, -0.15) is 0 Å². The highest BCUT2D eigenvalue weighted by molar-refractivity contribution is 5.98. The van der Waals surface area contributed by atoms with Gasteiger partial charge in [-0.05, 0) is 61.7 Å². The van der Waals surface area contributed by atoms with Crippen molar-refractivity contribution in [2.24, 2.45) is 50.5 Å². The molecule has 29 heavy (non-hydrogen) atoms. The van der Waals surface area contributed by atoms with Crippen LogP contribution in [0.25, 0.3) is 0 Å². The molecular formula is C21H34ClN3O4. The maximum atomic E-state index is 12.6. The summed E-state index contributed by atoms with van der Waals surface area (Å²) in [4.78, 5) is 17.9. The maximum absolute atomic E-state index is 12.6. The quantitative estimate of drug-likeness (QED) is 0.363. The fourth-order valence-electron chi connectivity index (χ4n) is 7.03. The lowest BCUT2D eigenvalue weighted by Gasteiger charge is -2.60. The van der Waals surface area contributed by atoms with Gasteiger partial charge in [0.15, 0.2) is 0 Å². The summed E-state index contributed by atoms with van der Waals surface area (Å²) in [7, 11) is 0. The monoisotopic (exact) mass is 427 g/mol. The van der Waals surface area contributed by atoms with Crippen LogP contribution in [-0.4, -0.2) is 46.8 Å². The lowest BCUT2D eigenvalue weighted by Crippen LogP contribution is -2.62. The smallest absolute Gasteiger partial charge is 0.139 e. The summed E-state index contributed by atoms with van der Waals surface area (Å²) < 4.78 is 0. The van der Waals surface area contributed by atoms with Crippen LogP contribution in [0.4, 0.5) is 0 Å². The number of aliphatic hydroxyl groups is 1. The second-order valence-electron chi connectivity index (χ2n) is 9.72. The summed E-state index contributed by atoms with van der Waals surface area (Å²) in [6.45, 7) is 5.17.